The number of hydrogen-bond donors (Lipinski definition) is 2. The van der Waals surface area contributed by atoms with Crippen molar-refractivity contribution in [1.29, 1.82) is 0 Å². The summed E-state index contributed by atoms with van der Waals surface area (Å²) in [6, 6.07) is 8.33. The number of aryl methyl sites for hydroxylation is 1. The molecule has 26 heavy (non-hydrogen) atoms. The van der Waals surface area contributed by atoms with Crippen molar-refractivity contribution in [2.24, 2.45) is 23.5 Å². The van der Waals surface area contributed by atoms with E-state index >= 15 is 0 Å². The Hall–Kier alpha value is -2.21. The molecule has 1 heterocycles. The predicted molar refractivity (Wildman–Crippen MR) is 98.4 cm³/mol. The van der Waals surface area contributed by atoms with Gasteiger partial charge in [-0.2, -0.15) is 0 Å². The van der Waals surface area contributed by atoms with E-state index in [1.807, 2.05) is 13.0 Å². The van der Waals surface area contributed by atoms with E-state index in [0.717, 1.165) is 31.4 Å². The number of carbonyl (C=O) groups excluding carboxylic acids is 1. The van der Waals surface area contributed by atoms with Gasteiger partial charge in [0, 0.05) is 23.7 Å². The van der Waals surface area contributed by atoms with Gasteiger partial charge in [-0.15, -0.1) is 5.10 Å². The molecule has 5 nitrogen and oxygen atoms in total. The first kappa shape index (κ1) is 17.2. The number of aromatic nitrogens is 2. The van der Waals surface area contributed by atoms with E-state index in [1.54, 1.807) is 16.8 Å². The first-order valence-electron chi connectivity index (χ1n) is 9.40. The molecule has 2 bridgehead atoms. The molecule has 0 spiro atoms. The fraction of sp³-hybridized carbons (Fsp3) is 0.500. The highest BCUT2D eigenvalue weighted by Gasteiger charge is 2.40. The zero-order valence-electron chi connectivity index (χ0n) is 15.0. The summed E-state index contributed by atoms with van der Waals surface area (Å²) in [7, 11) is 0. The summed E-state index contributed by atoms with van der Waals surface area (Å²) in [6.07, 6.45) is 5.23. The molecule has 2 unspecified atom stereocenters. The monoisotopic (exact) mass is 356 g/mol. The minimum atomic E-state index is -0.312. The number of benzene rings is 1. The molecule has 1 amide bonds. The number of amides is 1. The fourth-order valence-corrected chi connectivity index (χ4v) is 4.64. The second-order valence-corrected chi connectivity index (χ2v) is 7.75. The molecule has 1 aromatic heterocycles. The highest BCUT2D eigenvalue weighted by atomic mass is 19.1. The SMILES string of the molecule is Cc1cc(NC(=O)C2CC3CCCC(C2)C3N)nn1-c1cccc(F)c1. The second-order valence-electron chi connectivity index (χ2n) is 7.75. The highest BCUT2D eigenvalue weighted by Crippen LogP contribution is 2.42. The van der Waals surface area contributed by atoms with Crippen LogP contribution in [0.3, 0.4) is 0 Å². The van der Waals surface area contributed by atoms with Gasteiger partial charge in [0.1, 0.15) is 5.82 Å². The molecule has 1 aromatic carbocycles. The number of nitrogens with one attached hydrogen (secondary N) is 1. The summed E-state index contributed by atoms with van der Waals surface area (Å²) in [5.41, 5.74) is 7.80. The van der Waals surface area contributed by atoms with Crippen LogP contribution >= 0.6 is 0 Å². The molecule has 3 N–H and O–H groups in total. The van der Waals surface area contributed by atoms with E-state index < -0.39 is 0 Å². The van der Waals surface area contributed by atoms with Crippen molar-refractivity contribution in [3.05, 3.63) is 41.8 Å². The van der Waals surface area contributed by atoms with Crippen molar-refractivity contribution in [1.82, 2.24) is 9.78 Å². The molecule has 6 heteroatoms. The first-order chi connectivity index (χ1) is 12.5. The minimum Gasteiger partial charge on any atom is -0.327 e. The molecule has 0 radical (unpaired) electrons. The Morgan fingerprint density at radius 2 is 2.00 bits per heavy atom. The molecule has 0 aliphatic heterocycles. The second kappa shape index (κ2) is 6.83. The summed E-state index contributed by atoms with van der Waals surface area (Å²) >= 11 is 0. The maximum atomic E-state index is 13.5. The van der Waals surface area contributed by atoms with Crippen LogP contribution in [0.25, 0.3) is 5.69 Å². The Balaban J connectivity index is 1.48. The van der Waals surface area contributed by atoms with Crippen LogP contribution in [-0.2, 0) is 4.79 Å². The van der Waals surface area contributed by atoms with E-state index in [-0.39, 0.29) is 23.7 Å². The van der Waals surface area contributed by atoms with Gasteiger partial charge in [-0.05, 0) is 62.6 Å². The zero-order valence-corrected chi connectivity index (χ0v) is 15.0. The average molecular weight is 356 g/mol. The zero-order chi connectivity index (χ0) is 18.3. The minimum absolute atomic E-state index is 0.00438. The molecule has 2 fully saturated rings. The van der Waals surface area contributed by atoms with Crippen molar-refractivity contribution >= 4 is 11.7 Å². The Bertz CT molecular complexity index is 804. The van der Waals surface area contributed by atoms with Gasteiger partial charge in [0.05, 0.1) is 5.69 Å². The maximum absolute atomic E-state index is 13.5. The van der Waals surface area contributed by atoms with Gasteiger partial charge >= 0.3 is 0 Å². The summed E-state index contributed by atoms with van der Waals surface area (Å²) in [5, 5.41) is 7.39. The molecular formula is C20H25FN4O. The van der Waals surface area contributed by atoms with Gasteiger partial charge in [0.15, 0.2) is 5.82 Å². The number of fused-ring (bicyclic) bond motifs is 2. The number of halogens is 1. The average Bonchev–Trinajstić information content (AvgIpc) is 2.95. The lowest BCUT2D eigenvalue weighted by molar-refractivity contribution is -0.122. The predicted octanol–water partition coefficient (Wildman–Crippen LogP) is 3.41. The van der Waals surface area contributed by atoms with Crippen molar-refractivity contribution in [2.45, 2.75) is 45.1 Å². The fourth-order valence-electron chi connectivity index (χ4n) is 4.64. The summed E-state index contributed by atoms with van der Waals surface area (Å²) < 4.78 is 15.1. The number of carbonyl (C=O) groups is 1. The quantitative estimate of drug-likeness (QED) is 0.885. The Morgan fingerprint density at radius 1 is 1.27 bits per heavy atom. The molecule has 2 aliphatic carbocycles. The third-order valence-corrected chi connectivity index (χ3v) is 5.98. The Labute approximate surface area is 152 Å². The van der Waals surface area contributed by atoms with Crippen molar-refractivity contribution in [3.63, 3.8) is 0 Å². The largest absolute Gasteiger partial charge is 0.327 e. The van der Waals surface area contributed by atoms with Crippen molar-refractivity contribution in [2.75, 3.05) is 5.32 Å². The number of rotatable bonds is 3. The molecule has 2 aliphatic rings. The Morgan fingerprint density at radius 3 is 2.69 bits per heavy atom. The molecule has 2 aromatic rings. The van der Waals surface area contributed by atoms with Gasteiger partial charge in [-0.25, -0.2) is 9.07 Å². The molecule has 0 saturated heterocycles. The summed E-state index contributed by atoms with van der Waals surface area (Å²) in [4.78, 5) is 12.8. The van der Waals surface area contributed by atoms with Gasteiger partial charge < -0.3 is 11.1 Å². The van der Waals surface area contributed by atoms with Crippen LogP contribution in [0.4, 0.5) is 10.2 Å². The van der Waals surface area contributed by atoms with Crippen LogP contribution in [0.15, 0.2) is 30.3 Å². The van der Waals surface area contributed by atoms with Crippen LogP contribution in [0.2, 0.25) is 0 Å². The van der Waals surface area contributed by atoms with E-state index in [0.29, 0.717) is 23.3 Å². The number of nitrogens with zero attached hydrogens (tertiary/aromatic N) is 2. The maximum Gasteiger partial charge on any atom is 0.228 e. The molecular weight excluding hydrogens is 331 g/mol. The van der Waals surface area contributed by atoms with Gasteiger partial charge in [0.2, 0.25) is 5.91 Å². The lowest BCUT2D eigenvalue weighted by Gasteiger charge is -2.43. The third kappa shape index (κ3) is 3.26. The smallest absolute Gasteiger partial charge is 0.228 e. The lowest BCUT2D eigenvalue weighted by atomic mass is 9.65. The van der Waals surface area contributed by atoms with Gasteiger partial charge in [0.25, 0.3) is 0 Å². The van der Waals surface area contributed by atoms with Gasteiger partial charge in [-0.3, -0.25) is 4.79 Å². The van der Waals surface area contributed by atoms with Crippen molar-refractivity contribution < 1.29 is 9.18 Å². The number of anilines is 1. The summed E-state index contributed by atoms with van der Waals surface area (Å²) in [6.45, 7) is 1.89. The molecule has 2 atom stereocenters. The number of hydrogen-bond acceptors (Lipinski definition) is 3. The third-order valence-electron chi connectivity index (χ3n) is 5.98. The Kier molecular flexibility index (Phi) is 4.53. The lowest BCUT2D eigenvalue weighted by Crippen LogP contribution is -2.48. The van der Waals surface area contributed by atoms with E-state index in [1.165, 1.54) is 18.6 Å². The normalized spacial score (nSPS) is 28.0. The number of nitrogens with two attached hydrogens (primary N) is 1. The van der Waals surface area contributed by atoms with Crippen LogP contribution in [0.5, 0.6) is 0 Å². The topological polar surface area (TPSA) is 72.9 Å². The first-order valence-corrected chi connectivity index (χ1v) is 9.40. The van der Waals surface area contributed by atoms with Crippen LogP contribution < -0.4 is 11.1 Å². The summed E-state index contributed by atoms with van der Waals surface area (Å²) in [5.74, 6) is 1.15. The molecule has 4 rings (SSSR count). The molecule has 2 saturated carbocycles. The van der Waals surface area contributed by atoms with Gasteiger partial charge in [-0.1, -0.05) is 12.5 Å². The van der Waals surface area contributed by atoms with Crippen molar-refractivity contribution in [3.8, 4) is 5.69 Å². The highest BCUT2D eigenvalue weighted by molar-refractivity contribution is 5.91. The van der Waals surface area contributed by atoms with E-state index in [9.17, 15) is 9.18 Å². The van der Waals surface area contributed by atoms with Crippen LogP contribution in [0.1, 0.15) is 37.8 Å². The van der Waals surface area contributed by atoms with Crippen LogP contribution in [0, 0.1) is 30.5 Å². The van der Waals surface area contributed by atoms with Crippen LogP contribution in [-0.4, -0.2) is 21.7 Å². The standard InChI is InChI=1S/C20H25FN4O/c1-12-8-18(24-25(12)17-7-3-6-16(21)11-17)23-20(26)15-9-13-4-2-5-14(10-15)19(13)22/h3,6-8,11,13-15,19H,2,4-5,9-10,22H2,1H3,(H,23,24,26). The molecule has 138 valence electrons. The van der Waals surface area contributed by atoms with E-state index in [2.05, 4.69) is 10.4 Å². The van der Waals surface area contributed by atoms with E-state index in [4.69, 9.17) is 5.73 Å².